The van der Waals surface area contributed by atoms with Gasteiger partial charge in [-0.05, 0) is 57.9 Å². The van der Waals surface area contributed by atoms with Gasteiger partial charge in [-0.25, -0.2) is 4.39 Å². The molecule has 0 saturated carbocycles. The molecule has 0 heterocycles. The van der Waals surface area contributed by atoms with E-state index in [4.69, 9.17) is 27.9 Å². The minimum atomic E-state index is -0.272. The molecule has 0 unspecified atom stereocenters. The van der Waals surface area contributed by atoms with Crippen molar-refractivity contribution < 1.29 is 9.13 Å². The second-order valence-corrected chi connectivity index (χ2v) is 7.30. The van der Waals surface area contributed by atoms with E-state index in [1.165, 1.54) is 6.07 Å². The summed E-state index contributed by atoms with van der Waals surface area (Å²) in [6.45, 7) is 0.788. The maximum Gasteiger partial charge on any atom is 0.134 e. The van der Waals surface area contributed by atoms with Crippen LogP contribution >= 0.6 is 39.1 Å². The Bertz CT molecular complexity index is 920. The molecule has 3 rings (SSSR count). The highest BCUT2D eigenvalue weighted by Crippen LogP contribution is 2.28. The second-order valence-electron chi connectivity index (χ2n) is 5.63. The van der Waals surface area contributed by atoms with E-state index < -0.39 is 0 Å². The van der Waals surface area contributed by atoms with Crippen molar-refractivity contribution in [3.63, 3.8) is 0 Å². The van der Waals surface area contributed by atoms with Gasteiger partial charge >= 0.3 is 0 Å². The fraction of sp³-hybridized carbons (Fsp3) is 0.100. The summed E-state index contributed by atoms with van der Waals surface area (Å²) in [6, 6.07) is 17.7. The van der Waals surface area contributed by atoms with Gasteiger partial charge in [-0.1, -0.05) is 47.5 Å². The number of hydrogen-bond donors (Lipinski definition) is 1. The van der Waals surface area contributed by atoms with Crippen LogP contribution in [-0.2, 0) is 13.2 Å². The van der Waals surface area contributed by atoms with E-state index in [1.807, 2.05) is 24.3 Å². The van der Waals surface area contributed by atoms with Crippen molar-refractivity contribution in [2.75, 3.05) is 5.32 Å². The maximum absolute atomic E-state index is 13.7. The summed E-state index contributed by atoms with van der Waals surface area (Å²) >= 11 is 15.4. The molecule has 0 atom stereocenters. The fourth-order valence-corrected chi connectivity index (χ4v) is 3.19. The summed E-state index contributed by atoms with van der Waals surface area (Å²) in [6.07, 6.45) is 0. The Morgan fingerprint density at radius 2 is 1.77 bits per heavy atom. The average molecular weight is 455 g/mol. The first-order valence-electron chi connectivity index (χ1n) is 7.86. The maximum atomic E-state index is 13.7. The molecule has 0 saturated heterocycles. The molecular weight excluding hydrogens is 440 g/mol. The third-order valence-electron chi connectivity index (χ3n) is 3.75. The van der Waals surface area contributed by atoms with Crippen LogP contribution in [0, 0.1) is 5.82 Å². The van der Waals surface area contributed by atoms with Crippen molar-refractivity contribution in [3.05, 3.63) is 92.1 Å². The summed E-state index contributed by atoms with van der Waals surface area (Å²) in [5, 5.41) is 4.32. The Kier molecular flexibility index (Phi) is 6.41. The fourth-order valence-electron chi connectivity index (χ4n) is 2.35. The normalized spacial score (nSPS) is 10.6. The van der Waals surface area contributed by atoms with Crippen LogP contribution in [0.3, 0.4) is 0 Å². The van der Waals surface area contributed by atoms with Gasteiger partial charge in [-0.15, -0.1) is 0 Å². The molecule has 134 valence electrons. The highest BCUT2D eigenvalue weighted by atomic mass is 79.9. The van der Waals surface area contributed by atoms with Gasteiger partial charge in [0.15, 0.2) is 0 Å². The van der Waals surface area contributed by atoms with E-state index in [2.05, 4.69) is 21.2 Å². The van der Waals surface area contributed by atoms with Crippen LogP contribution < -0.4 is 10.1 Å². The standard InChI is InChI=1S/C20H15BrCl2FNO/c21-16-9-13(11-25-15-6-7-17(22)18(23)10-15)5-8-20(16)26-12-14-3-1-2-4-19(14)24/h1-10,25H,11-12H2. The number of benzene rings is 3. The Labute approximate surface area is 170 Å². The monoisotopic (exact) mass is 453 g/mol. The quantitative estimate of drug-likeness (QED) is 0.429. The third kappa shape index (κ3) is 4.91. The zero-order valence-corrected chi connectivity index (χ0v) is 16.7. The van der Waals surface area contributed by atoms with Gasteiger partial charge in [0.2, 0.25) is 0 Å². The van der Waals surface area contributed by atoms with Crippen LogP contribution in [0.5, 0.6) is 5.75 Å². The largest absolute Gasteiger partial charge is 0.488 e. The van der Waals surface area contributed by atoms with Crippen molar-refractivity contribution in [2.24, 2.45) is 0 Å². The van der Waals surface area contributed by atoms with Crippen LogP contribution in [-0.4, -0.2) is 0 Å². The van der Waals surface area contributed by atoms with Crippen LogP contribution in [0.1, 0.15) is 11.1 Å². The molecule has 0 fully saturated rings. The van der Waals surface area contributed by atoms with Crippen LogP contribution in [0.4, 0.5) is 10.1 Å². The number of hydrogen-bond acceptors (Lipinski definition) is 2. The predicted molar refractivity (Wildman–Crippen MR) is 109 cm³/mol. The molecule has 2 nitrogen and oxygen atoms in total. The number of anilines is 1. The summed E-state index contributed by atoms with van der Waals surface area (Å²) in [5.74, 6) is 0.387. The highest BCUT2D eigenvalue weighted by Gasteiger charge is 2.06. The molecule has 26 heavy (non-hydrogen) atoms. The predicted octanol–water partition coefficient (Wildman–Crippen LogP) is 7.09. The first-order valence-corrected chi connectivity index (χ1v) is 9.41. The number of ether oxygens (including phenoxy) is 1. The minimum Gasteiger partial charge on any atom is -0.488 e. The molecule has 3 aromatic carbocycles. The molecule has 0 spiro atoms. The van der Waals surface area contributed by atoms with E-state index in [-0.39, 0.29) is 12.4 Å². The number of rotatable bonds is 6. The molecule has 1 N–H and O–H groups in total. The lowest BCUT2D eigenvalue weighted by Gasteiger charge is -2.12. The van der Waals surface area contributed by atoms with Gasteiger partial charge in [-0.2, -0.15) is 0 Å². The minimum absolute atomic E-state index is 0.173. The number of nitrogens with one attached hydrogen (secondary N) is 1. The van der Waals surface area contributed by atoms with Gasteiger partial charge in [0, 0.05) is 17.8 Å². The summed E-state index contributed by atoms with van der Waals surface area (Å²) in [7, 11) is 0. The Hall–Kier alpha value is -1.75. The summed E-state index contributed by atoms with van der Waals surface area (Å²) < 4.78 is 20.2. The van der Waals surface area contributed by atoms with Crippen molar-refractivity contribution in [2.45, 2.75) is 13.2 Å². The average Bonchev–Trinajstić information content (AvgIpc) is 2.63. The molecule has 3 aromatic rings. The zero-order valence-electron chi connectivity index (χ0n) is 13.6. The molecule has 0 aliphatic carbocycles. The second kappa shape index (κ2) is 8.76. The topological polar surface area (TPSA) is 21.3 Å². The van der Waals surface area contributed by atoms with Gasteiger partial charge in [0.05, 0.1) is 14.5 Å². The Morgan fingerprint density at radius 1 is 0.962 bits per heavy atom. The van der Waals surface area contributed by atoms with Gasteiger partial charge in [-0.3, -0.25) is 0 Å². The molecule has 0 amide bonds. The van der Waals surface area contributed by atoms with E-state index in [9.17, 15) is 4.39 Å². The van der Waals surface area contributed by atoms with Crippen molar-refractivity contribution in [1.29, 1.82) is 0 Å². The lowest BCUT2D eigenvalue weighted by atomic mass is 10.2. The summed E-state index contributed by atoms with van der Waals surface area (Å²) in [4.78, 5) is 0. The first-order chi connectivity index (χ1) is 12.5. The molecular formula is C20H15BrCl2FNO. The van der Waals surface area contributed by atoms with Crippen molar-refractivity contribution in [1.82, 2.24) is 0 Å². The Balaban J connectivity index is 1.61. The lowest BCUT2D eigenvalue weighted by molar-refractivity contribution is 0.298. The molecule has 0 radical (unpaired) electrons. The third-order valence-corrected chi connectivity index (χ3v) is 5.11. The van der Waals surface area contributed by atoms with Gasteiger partial charge < -0.3 is 10.1 Å². The smallest absolute Gasteiger partial charge is 0.134 e. The van der Waals surface area contributed by atoms with Crippen LogP contribution in [0.15, 0.2) is 65.1 Å². The van der Waals surface area contributed by atoms with Gasteiger partial charge in [0.1, 0.15) is 18.2 Å². The molecule has 0 aromatic heterocycles. The SMILES string of the molecule is Fc1ccccc1COc1ccc(CNc2ccc(Cl)c(Cl)c2)cc1Br. The first kappa shape index (κ1) is 19.0. The summed E-state index contributed by atoms with van der Waals surface area (Å²) in [5.41, 5.74) is 2.46. The van der Waals surface area contributed by atoms with Crippen molar-refractivity contribution in [3.8, 4) is 5.75 Å². The highest BCUT2D eigenvalue weighted by molar-refractivity contribution is 9.10. The molecule has 0 bridgehead atoms. The van der Waals surface area contributed by atoms with E-state index in [0.717, 1.165) is 15.7 Å². The molecule has 6 heteroatoms. The van der Waals surface area contributed by atoms with Crippen LogP contribution in [0.2, 0.25) is 10.0 Å². The van der Waals surface area contributed by atoms with Gasteiger partial charge in [0.25, 0.3) is 0 Å². The van der Waals surface area contributed by atoms with E-state index in [1.54, 1.807) is 30.3 Å². The number of halogens is 4. The lowest BCUT2D eigenvalue weighted by Crippen LogP contribution is -2.01. The molecule has 0 aliphatic heterocycles. The van der Waals surface area contributed by atoms with E-state index >= 15 is 0 Å². The van der Waals surface area contributed by atoms with Crippen LogP contribution in [0.25, 0.3) is 0 Å². The van der Waals surface area contributed by atoms with Crippen molar-refractivity contribution >= 4 is 44.8 Å². The van der Waals surface area contributed by atoms with E-state index in [0.29, 0.717) is 27.9 Å². The zero-order chi connectivity index (χ0) is 18.5. The Morgan fingerprint density at radius 3 is 2.50 bits per heavy atom. The molecule has 0 aliphatic rings.